The Kier molecular flexibility index (Phi) is 23.0. The molecule has 15 atom stereocenters. The lowest BCUT2D eigenvalue weighted by Crippen LogP contribution is -2.60. The summed E-state index contributed by atoms with van der Waals surface area (Å²) in [4.78, 5) is 72.1. The summed E-state index contributed by atoms with van der Waals surface area (Å²) in [5.74, 6) is -9.53. The molecule has 3 fully saturated rings. The van der Waals surface area contributed by atoms with Crippen LogP contribution in [0.2, 0.25) is 0 Å². The summed E-state index contributed by atoms with van der Waals surface area (Å²) in [6.45, 7) is 14.6. The number of allylic oxidation sites excluding steroid dienone is 6. The lowest BCUT2D eigenvalue weighted by atomic mass is 9.78. The molecular weight excluding hydrogens is 871 g/mol. The van der Waals surface area contributed by atoms with Gasteiger partial charge in [0.1, 0.15) is 23.7 Å². The molecule has 3 heterocycles. The molecule has 0 aromatic rings. The quantitative estimate of drug-likeness (QED) is 0.107. The van der Waals surface area contributed by atoms with Crippen LogP contribution in [0.15, 0.2) is 47.6 Å². The number of piperidine rings is 1. The smallest absolute Gasteiger partial charge is 0.329 e. The van der Waals surface area contributed by atoms with Gasteiger partial charge in [-0.25, -0.2) is 4.79 Å². The minimum Gasteiger partial charge on any atom is -0.460 e. The molecule has 1 amide bonds. The minimum absolute atomic E-state index is 0.0173. The Hall–Kier alpha value is -3.37. The number of hydrogen-bond acceptors (Lipinski definition) is 13. The predicted octanol–water partition coefficient (Wildman–Crippen LogP) is 6.80. The number of Topliss-reactive ketones (excluding diaryl/α,β-unsaturated/α-hetero) is 3. The Morgan fingerprint density at radius 2 is 1.62 bits per heavy atom. The van der Waals surface area contributed by atoms with Gasteiger partial charge in [-0.15, -0.1) is 0 Å². The molecule has 3 aliphatic heterocycles. The molecule has 2 bridgehead atoms. The first-order valence-electron chi connectivity index (χ1n) is 25.6. The number of rotatable bonds is 9. The molecular formula is C54H85NO13. The highest BCUT2D eigenvalue weighted by molar-refractivity contribution is 6.39. The molecule has 14 nitrogen and oxygen atoms in total. The van der Waals surface area contributed by atoms with Crippen molar-refractivity contribution in [2.75, 3.05) is 33.5 Å². The van der Waals surface area contributed by atoms with E-state index >= 15 is 0 Å². The molecule has 0 aromatic carbocycles. The summed E-state index contributed by atoms with van der Waals surface area (Å²) < 4.78 is 24.4. The molecule has 4 N–H and O–H groups in total. The highest BCUT2D eigenvalue weighted by Crippen LogP contribution is 2.38. The number of hydrogen-bond donors (Lipinski definition) is 4. The average Bonchev–Trinajstić information content (AvgIpc) is 3.32. The number of carbonyl (C=O) groups excluding carboxylic acids is 5. The van der Waals surface area contributed by atoms with Crippen molar-refractivity contribution >= 4 is 29.2 Å². The molecule has 1 saturated carbocycles. The number of cyclic esters (lactones) is 1. The number of aliphatic hydroxyl groups excluding tert-OH is 3. The van der Waals surface area contributed by atoms with Gasteiger partial charge in [-0.1, -0.05) is 83.6 Å². The maximum Gasteiger partial charge on any atom is 0.329 e. The standard InChI is InChI=1S/C54H85NO13/c1-10-24-66-46-22-20-40(28-48(46)65-9)27-36(5)47-30-45(58)35(4)26-38(7)50(60)43(32-57)49(59)37(6)25-33(2)16-12-11-13-17-34(3)41(31-56)29-42-21-19-39(8)54(64,68-42)51(61)52(62)55-23-15-14-18-44(55)53(63)67-47/h11-13,16-17,26,33,35-37,39-44,46-48,50,56-57,60,64H,10,14-15,18-25,27-32H2,1-9H3/b13-11+,16-12+,34-17+,38-26+. The van der Waals surface area contributed by atoms with Crippen molar-refractivity contribution in [3.8, 4) is 0 Å². The van der Waals surface area contributed by atoms with E-state index in [1.807, 2.05) is 51.2 Å². The van der Waals surface area contributed by atoms with Crippen molar-refractivity contribution in [3.63, 3.8) is 0 Å². The van der Waals surface area contributed by atoms with Crippen molar-refractivity contribution in [1.29, 1.82) is 0 Å². The fourth-order valence-electron chi connectivity index (χ4n) is 10.7. The lowest BCUT2D eigenvalue weighted by Gasteiger charge is -2.43. The van der Waals surface area contributed by atoms with Crippen LogP contribution in [-0.4, -0.2) is 130 Å². The number of nitrogens with zero attached hydrogens (tertiary/aromatic N) is 1. The zero-order chi connectivity index (χ0) is 50.3. The van der Waals surface area contributed by atoms with Gasteiger partial charge >= 0.3 is 5.97 Å². The Bertz CT molecular complexity index is 1810. The van der Waals surface area contributed by atoms with E-state index in [9.17, 15) is 44.4 Å². The van der Waals surface area contributed by atoms with Crippen molar-refractivity contribution in [2.24, 2.45) is 47.3 Å². The highest BCUT2D eigenvalue weighted by Gasteiger charge is 2.53. The first kappa shape index (κ1) is 57.2. The zero-order valence-electron chi connectivity index (χ0n) is 42.5. The monoisotopic (exact) mass is 956 g/mol. The van der Waals surface area contributed by atoms with Crippen molar-refractivity contribution in [3.05, 3.63) is 47.6 Å². The Morgan fingerprint density at radius 3 is 2.29 bits per heavy atom. The molecule has 2 saturated heterocycles. The normalized spacial score (nSPS) is 39.2. The molecule has 4 aliphatic rings. The van der Waals surface area contributed by atoms with E-state index in [-0.39, 0.29) is 79.9 Å². The number of aliphatic hydroxyl groups is 4. The predicted molar refractivity (Wildman–Crippen MR) is 259 cm³/mol. The van der Waals surface area contributed by atoms with Crippen LogP contribution in [0.3, 0.4) is 0 Å². The number of carbonyl (C=O) groups is 5. The summed E-state index contributed by atoms with van der Waals surface area (Å²) in [7, 11) is 1.68. The fraction of sp³-hybridized carbons (Fsp3) is 0.759. The van der Waals surface area contributed by atoms with Gasteiger partial charge in [0.05, 0.1) is 36.9 Å². The van der Waals surface area contributed by atoms with Gasteiger partial charge in [0, 0.05) is 57.0 Å². The number of amides is 1. The van der Waals surface area contributed by atoms with Crippen LogP contribution in [0, 0.1) is 47.3 Å². The number of esters is 1. The number of fused-ring (bicyclic) bond motifs is 3. The van der Waals surface area contributed by atoms with Crippen LogP contribution in [0.25, 0.3) is 0 Å². The maximum atomic E-state index is 14.5. The summed E-state index contributed by atoms with van der Waals surface area (Å²) in [6.07, 6.45) is 14.6. The van der Waals surface area contributed by atoms with E-state index in [0.717, 1.165) is 31.3 Å². The van der Waals surface area contributed by atoms with E-state index < -0.39 is 78.1 Å². The second kappa shape index (κ2) is 27.3. The first-order chi connectivity index (χ1) is 32.3. The molecule has 68 heavy (non-hydrogen) atoms. The first-order valence-corrected chi connectivity index (χ1v) is 25.6. The maximum absolute atomic E-state index is 14.5. The average molecular weight is 956 g/mol. The molecule has 384 valence electrons. The Morgan fingerprint density at radius 1 is 0.882 bits per heavy atom. The highest BCUT2D eigenvalue weighted by atomic mass is 16.6. The zero-order valence-corrected chi connectivity index (χ0v) is 42.5. The van der Waals surface area contributed by atoms with Crippen LogP contribution < -0.4 is 0 Å². The molecule has 0 radical (unpaired) electrons. The number of ether oxygens (including phenoxy) is 4. The van der Waals surface area contributed by atoms with E-state index in [4.69, 9.17) is 18.9 Å². The second-order valence-corrected chi connectivity index (χ2v) is 20.7. The minimum atomic E-state index is -2.45. The van der Waals surface area contributed by atoms with Crippen molar-refractivity contribution in [1.82, 2.24) is 4.90 Å². The van der Waals surface area contributed by atoms with Gasteiger partial charge in [-0.2, -0.15) is 0 Å². The van der Waals surface area contributed by atoms with Crippen LogP contribution in [0.4, 0.5) is 0 Å². The third kappa shape index (κ3) is 15.3. The summed E-state index contributed by atoms with van der Waals surface area (Å²) in [5, 5.41) is 44.2. The SMILES string of the molecule is CCCOC1CCC(CC(C)C2CC(=O)C(C)/C=C(\C)C(O)C(CO)C(=O)C(C)CC(C)/C=C/C=C/C=C(\C)C(CO)CC3CCC(C)C(O)(O3)C(=O)C(=O)N3CCCCC3C(=O)O2)CC1OC. The topological polar surface area (TPSA) is 206 Å². The molecule has 14 heteroatoms. The van der Waals surface area contributed by atoms with E-state index in [0.29, 0.717) is 50.7 Å². The third-order valence-electron chi connectivity index (χ3n) is 15.3. The number of ketones is 3. The van der Waals surface area contributed by atoms with Gasteiger partial charge in [-0.3, -0.25) is 19.2 Å². The molecule has 0 aromatic heterocycles. The fourth-order valence-corrected chi connectivity index (χ4v) is 10.7. The van der Waals surface area contributed by atoms with Crippen molar-refractivity contribution < 1.29 is 63.3 Å². The van der Waals surface area contributed by atoms with Gasteiger partial charge in [-0.05, 0) is 114 Å². The van der Waals surface area contributed by atoms with E-state index in [1.54, 1.807) is 40.9 Å². The molecule has 1 aliphatic carbocycles. The summed E-state index contributed by atoms with van der Waals surface area (Å²) >= 11 is 0. The molecule has 15 unspecified atom stereocenters. The number of methoxy groups -OCH3 is 1. The van der Waals surface area contributed by atoms with Gasteiger partial charge in [0.25, 0.3) is 11.7 Å². The second-order valence-electron chi connectivity index (χ2n) is 20.7. The van der Waals surface area contributed by atoms with Crippen LogP contribution >= 0.6 is 0 Å². The van der Waals surface area contributed by atoms with Crippen LogP contribution in [-0.2, 0) is 42.9 Å². The summed E-state index contributed by atoms with van der Waals surface area (Å²) in [6, 6.07) is -1.15. The Balaban J connectivity index is 1.70. The third-order valence-corrected chi connectivity index (χ3v) is 15.3. The van der Waals surface area contributed by atoms with Crippen LogP contribution in [0.5, 0.6) is 0 Å². The lowest BCUT2D eigenvalue weighted by molar-refractivity contribution is -0.265. The van der Waals surface area contributed by atoms with E-state index in [1.165, 1.54) is 4.90 Å². The van der Waals surface area contributed by atoms with E-state index in [2.05, 4.69) is 6.92 Å². The van der Waals surface area contributed by atoms with Gasteiger partial charge < -0.3 is 44.3 Å². The molecule has 4 rings (SSSR count). The van der Waals surface area contributed by atoms with Crippen LogP contribution in [0.1, 0.15) is 139 Å². The van der Waals surface area contributed by atoms with Gasteiger partial charge in [0.15, 0.2) is 0 Å². The Labute approximate surface area is 405 Å². The largest absolute Gasteiger partial charge is 0.460 e. The molecule has 0 spiro atoms. The van der Waals surface area contributed by atoms with Crippen molar-refractivity contribution in [2.45, 2.75) is 181 Å². The van der Waals surface area contributed by atoms with Gasteiger partial charge in [0.2, 0.25) is 5.79 Å². The summed E-state index contributed by atoms with van der Waals surface area (Å²) in [5.41, 5.74) is 1.21.